The summed E-state index contributed by atoms with van der Waals surface area (Å²) < 4.78 is 9.23. The summed E-state index contributed by atoms with van der Waals surface area (Å²) in [5, 5.41) is 0. The molecule has 144 valence electrons. The zero-order valence-electron chi connectivity index (χ0n) is 13.8. The first-order valence-electron chi connectivity index (χ1n) is 8.50. The van der Waals surface area contributed by atoms with Gasteiger partial charge in [-0.15, -0.1) is 0 Å². The van der Waals surface area contributed by atoms with E-state index in [1.165, 1.54) is 44.9 Å². The molecule has 24 heavy (non-hydrogen) atoms. The van der Waals surface area contributed by atoms with Crippen LogP contribution in [0.3, 0.4) is 0 Å². The molecule has 1 heterocycles. The van der Waals surface area contributed by atoms with E-state index >= 15 is 0 Å². The molecule has 0 bridgehead atoms. The van der Waals surface area contributed by atoms with Crippen LogP contribution < -0.4 is 0 Å². The predicted octanol–water partition coefficient (Wildman–Crippen LogP) is 8.00. The van der Waals surface area contributed by atoms with Crippen molar-refractivity contribution in [1.29, 1.82) is 0 Å². The SMILES string of the molecule is BrC1(Br)CCCCCCCCCC(Br)(Br)C1(Br)Br.C1COCCO1. The zero-order chi connectivity index (χ0) is 18.1. The van der Waals surface area contributed by atoms with Gasteiger partial charge in [0.05, 0.1) is 26.4 Å². The van der Waals surface area contributed by atoms with Crippen molar-refractivity contribution in [3.63, 3.8) is 0 Å². The summed E-state index contributed by atoms with van der Waals surface area (Å²) >= 11 is 23.1. The van der Waals surface area contributed by atoms with Gasteiger partial charge in [-0.2, -0.15) is 0 Å². The zero-order valence-corrected chi connectivity index (χ0v) is 23.3. The minimum atomic E-state index is -0.292. The van der Waals surface area contributed by atoms with Crippen molar-refractivity contribution in [2.75, 3.05) is 26.4 Å². The number of rotatable bonds is 0. The van der Waals surface area contributed by atoms with E-state index in [4.69, 9.17) is 9.47 Å². The molecule has 1 aliphatic carbocycles. The van der Waals surface area contributed by atoms with Gasteiger partial charge in [-0.1, -0.05) is 141 Å². The summed E-state index contributed by atoms with van der Waals surface area (Å²) in [6.45, 7) is 3.11. The lowest BCUT2D eigenvalue weighted by Crippen LogP contribution is -2.47. The Labute approximate surface area is 197 Å². The van der Waals surface area contributed by atoms with Crippen LogP contribution in [-0.2, 0) is 9.47 Å². The number of alkyl halides is 6. The van der Waals surface area contributed by atoms with Gasteiger partial charge in [0.15, 0.2) is 0 Å². The maximum Gasteiger partial charge on any atom is 0.130 e. The number of hydrogen-bond acceptors (Lipinski definition) is 2. The first-order chi connectivity index (χ1) is 11.2. The monoisotopic (exact) mass is 724 g/mol. The smallest absolute Gasteiger partial charge is 0.130 e. The molecule has 0 aromatic carbocycles. The fourth-order valence-corrected chi connectivity index (χ4v) is 6.93. The van der Waals surface area contributed by atoms with Gasteiger partial charge in [-0.3, -0.25) is 0 Å². The topological polar surface area (TPSA) is 18.5 Å². The summed E-state index contributed by atoms with van der Waals surface area (Å²) in [4.78, 5) is 0. The van der Waals surface area contributed by atoms with Crippen LogP contribution in [0.5, 0.6) is 0 Å². The van der Waals surface area contributed by atoms with Gasteiger partial charge in [0.1, 0.15) is 9.70 Å². The van der Waals surface area contributed by atoms with Crippen LogP contribution in [0, 0.1) is 0 Å². The first-order valence-corrected chi connectivity index (χ1v) is 13.3. The average Bonchev–Trinajstić information content (AvgIpc) is 2.54. The van der Waals surface area contributed by atoms with E-state index in [0.29, 0.717) is 0 Å². The molecule has 0 unspecified atom stereocenters. The van der Waals surface area contributed by atoms with Crippen LogP contribution in [-0.4, -0.2) is 36.1 Å². The van der Waals surface area contributed by atoms with Crippen LogP contribution in [0.2, 0.25) is 0 Å². The van der Waals surface area contributed by atoms with Crippen LogP contribution in [0.15, 0.2) is 0 Å². The molecule has 0 radical (unpaired) electrons. The highest BCUT2D eigenvalue weighted by molar-refractivity contribution is 9.33. The normalized spacial score (nSPS) is 27.8. The second-order valence-electron chi connectivity index (χ2n) is 6.18. The first kappa shape index (κ1) is 24.8. The van der Waals surface area contributed by atoms with Crippen LogP contribution >= 0.6 is 95.6 Å². The maximum absolute atomic E-state index is 4.94. The van der Waals surface area contributed by atoms with Gasteiger partial charge in [-0.05, 0) is 12.8 Å². The molecule has 1 aliphatic heterocycles. The summed E-state index contributed by atoms with van der Waals surface area (Å²) in [6, 6.07) is 0. The molecule has 2 nitrogen and oxygen atoms in total. The van der Waals surface area contributed by atoms with E-state index in [0.717, 1.165) is 39.3 Å². The van der Waals surface area contributed by atoms with E-state index < -0.39 is 0 Å². The fraction of sp³-hybridized carbons (Fsp3) is 1.00. The van der Waals surface area contributed by atoms with E-state index in [2.05, 4.69) is 95.6 Å². The Morgan fingerprint density at radius 1 is 0.458 bits per heavy atom. The summed E-state index contributed by atoms with van der Waals surface area (Å²) in [5.74, 6) is 0. The third kappa shape index (κ3) is 8.44. The summed E-state index contributed by atoms with van der Waals surface area (Å²) in [6.07, 6.45) is 11.3. The van der Waals surface area contributed by atoms with Crippen molar-refractivity contribution in [1.82, 2.24) is 0 Å². The molecule has 1 saturated carbocycles. The third-order valence-electron chi connectivity index (χ3n) is 4.14. The average molecular weight is 730 g/mol. The highest BCUT2D eigenvalue weighted by Crippen LogP contribution is 2.63. The molecular formula is C16H26Br6O2. The minimum absolute atomic E-state index is 0.181. The summed E-state index contributed by atoms with van der Waals surface area (Å²) in [7, 11) is 0. The van der Waals surface area contributed by atoms with Crippen LogP contribution in [0.25, 0.3) is 0 Å². The van der Waals surface area contributed by atoms with E-state index in [1.54, 1.807) is 0 Å². The molecular weight excluding hydrogens is 704 g/mol. The summed E-state index contributed by atoms with van der Waals surface area (Å²) in [5.41, 5.74) is 0. The Hall–Kier alpha value is 2.80. The molecule has 0 aromatic heterocycles. The van der Waals surface area contributed by atoms with Crippen molar-refractivity contribution < 1.29 is 9.47 Å². The molecule has 2 aliphatic rings. The van der Waals surface area contributed by atoms with Crippen molar-refractivity contribution >= 4 is 95.6 Å². The molecule has 0 aromatic rings. The Kier molecular flexibility index (Phi) is 12.8. The molecule has 0 atom stereocenters. The van der Waals surface area contributed by atoms with Crippen molar-refractivity contribution in [3.8, 4) is 0 Å². The largest absolute Gasteiger partial charge is 0.377 e. The quantitative estimate of drug-likeness (QED) is 0.236. The number of halogens is 6. The second-order valence-corrected chi connectivity index (χ2v) is 17.2. The number of ether oxygens (including phenoxy) is 2. The molecule has 1 saturated heterocycles. The van der Waals surface area contributed by atoms with Crippen LogP contribution in [0.1, 0.15) is 57.8 Å². The number of hydrogen-bond donors (Lipinski definition) is 0. The lowest BCUT2D eigenvalue weighted by Gasteiger charge is -2.44. The van der Waals surface area contributed by atoms with Crippen LogP contribution in [0.4, 0.5) is 0 Å². The standard InChI is InChI=1S/C12H18Br6.C4H8O2/c13-10(14)8-6-4-2-1-3-5-7-9-11(15,16)12(10,17)18;1-2-6-4-3-5-1/h1-9H2;1-4H2. The Bertz CT molecular complexity index is 310. The van der Waals surface area contributed by atoms with Gasteiger partial charge in [0, 0.05) is 0 Å². The molecule has 0 amide bonds. The van der Waals surface area contributed by atoms with E-state index in [9.17, 15) is 0 Å². The van der Waals surface area contributed by atoms with E-state index in [1.807, 2.05) is 0 Å². The van der Waals surface area contributed by atoms with Gasteiger partial charge in [0.2, 0.25) is 0 Å². The highest BCUT2D eigenvalue weighted by Gasteiger charge is 2.56. The molecule has 0 spiro atoms. The molecule has 0 N–H and O–H groups in total. The van der Waals surface area contributed by atoms with Crippen molar-refractivity contribution in [2.24, 2.45) is 0 Å². The van der Waals surface area contributed by atoms with Crippen molar-refractivity contribution in [3.05, 3.63) is 0 Å². The van der Waals surface area contributed by atoms with Gasteiger partial charge in [-0.25, -0.2) is 0 Å². The van der Waals surface area contributed by atoms with Crippen molar-refractivity contribution in [2.45, 2.75) is 67.5 Å². The maximum atomic E-state index is 4.94. The second kappa shape index (κ2) is 12.4. The Balaban J connectivity index is 0.000000400. The van der Waals surface area contributed by atoms with Gasteiger partial charge < -0.3 is 9.47 Å². The lowest BCUT2D eigenvalue weighted by molar-refractivity contribution is -0.0334. The van der Waals surface area contributed by atoms with Gasteiger partial charge >= 0.3 is 0 Å². The molecule has 2 fully saturated rings. The third-order valence-corrected chi connectivity index (χ3v) is 15.1. The minimum Gasteiger partial charge on any atom is -0.377 e. The predicted molar refractivity (Wildman–Crippen MR) is 125 cm³/mol. The lowest BCUT2D eigenvalue weighted by atomic mass is 10.0. The van der Waals surface area contributed by atoms with E-state index in [-0.39, 0.29) is 9.70 Å². The Morgan fingerprint density at radius 3 is 1.04 bits per heavy atom. The molecule has 2 rings (SSSR count). The fourth-order valence-electron chi connectivity index (χ4n) is 2.60. The molecule has 8 heteroatoms. The Morgan fingerprint density at radius 2 is 0.750 bits per heavy atom. The highest BCUT2D eigenvalue weighted by atomic mass is 79.9. The van der Waals surface area contributed by atoms with Gasteiger partial charge in [0.25, 0.3) is 0 Å².